The van der Waals surface area contributed by atoms with Gasteiger partial charge in [-0.3, -0.25) is 4.79 Å². The molecular weight excluding hydrogens is 114 g/mol. The van der Waals surface area contributed by atoms with E-state index in [1.807, 2.05) is 6.08 Å². The summed E-state index contributed by atoms with van der Waals surface area (Å²) < 4.78 is 0. The van der Waals surface area contributed by atoms with Crippen molar-refractivity contribution in [3.05, 3.63) is 12.7 Å². The lowest BCUT2D eigenvalue weighted by atomic mass is 10.2. The Morgan fingerprint density at radius 1 is 1.44 bits per heavy atom. The summed E-state index contributed by atoms with van der Waals surface area (Å²) in [7, 11) is 0. The topological polar surface area (TPSA) is 29.4 Å². The van der Waals surface area contributed by atoms with Crippen molar-refractivity contribution in [1.82, 2.24) is 0 Å². The average Bonchev–Trinajstić information content (AvgIpc) is 1.89. The van der Waals surface area contributed by atoms with Gasteiger partial charge in [-0.05, 0) is 19.3 Å². The standard InChI is InChI=1S/C7H11NO/c1-2-3-4-5-6-8-7-9/h2,6-7H,1,3-5H2. The van der Waals surface area contributed by atoms with E-state index in [-0.39, 0.29) is 0 Å². The first-order chi connectivity index (χ1) is 4.41. The normalized spacial score (nSPS) is 9.78. The number of allylic oxidation sites excluding steroid dienone is 1. The van der Waals surface area contributed by atoms with Crippen LogP contribution in [0.4, 0.5) is 0 Å². The van der Waals surface area contributed by atoms with Gasteiger partial charge < -0.3 is 0 Å². The Kier molecular flexibility index (Phi) is 6.36. The van der Waals surface area contributed by atoms with Crippen molar-refractivity contribution in [2.75, 3.05) is 0 Å². The molecule has 0 spiro atoms. The SMILES string of the molecule is C=CCCCC=NC=O. The van der Waals surface area contributed by atoms with E-state index in [0.717, 1.165) is 19.3 Å². The molecule has 0 fully saturated rings. The van der Waals surface area contributed by atoms with Crippen molar-refractivity contribution in [2.45, 2.75) is 19.3 Å². The molecule has 0 N–H and O–H groups in total. The number of aliphatic imine (C=N–C) groups is 1. The van der Waals surface area contributed by atoms with Crippen LogP contribution in [0.2, 0.25) is 0 Å². The minimum Gasteiger partial charge on any atom is -0.276 e. The van der Waals surface area contributed by atoms with Gasteiger partial charge in [0.15, 0.2) is 0 Å². The highest BCUT2D eigenvalue weighted by Gasteiger charge is 1.77. The number of carbonyl (C=O) groups excluding carboxylic acids is 1. The highest BCUT2D eigenvalue weighted by molar-refractivity contribution is 5.68. The van der Waals surface area contributed by atoms with Crippen LogP contribution >= 0.6 is 0 Å². The van der Waals surface area contributed by atoms with E-state index in [1.165, 1.54) is 0 Å². The monoisotopic (exact) mass is 125 g/mol. The van der Waals surface area contributed by atoms with Crippen LogP contribution in [-0.2, 0) is 4.79 Å². The van der Waals surface area contributed by atoms with Gasteiger partial charge >= 0.3 is 0 Å². The summed E-state index contributed by atoms with van der Waals surface area (Å²) in [6.07, 6.45) is 6.91. The molecule has 0 aliphatic rings. The summed E-state index contributed by atoms with van der Waals surface area (Å²) in [5.41, 5.74) is 0. The van der Waals surface area contributed by atoms with Crippen LogP contribution < -0.4 is 0 Å². The van der Waals surface area contributed by atoms with Gasteiger partial charge in [0.25, 0.3) is 0 Å². The summed E-state index contributed by atoms with van der Waals surface area (Å²) in [6, 6.07) is 0. The highest BCUT2D eigenvalue weighted by Crippen LogP contribution is 1.91. The number of nitrogens with zero attached hydrogens (tertiary/aromatic N) is 1. The maximum atomic E-state index is 9.62. The Hall–Kier alpha value is -0.920. The zero-order chi connectivity index (χ0) is 6.95. The summed E-state index contributed by atoms with van der Waals surface area (Å²) >= 11 is 0. The number of rotatable bonds is 5. The second-order valence-corrected chi connectivity index (χ2v) is 1.66. The van der Waals surface area contributed by atoms with Crippen molar-refractivity contribution >= 4 is 12.6 Å². The van der Waals surface area contributed by atoms with Gasteiger partial charge in [-0.2, -0.15) is 0 Å². The molecule has 0 rings (SSSR count). The Labute approximate surface area is 55.3 Å². The van der Waals surface area contributed by atoms with Crippen LogP contribution in [0.1, 0.15) is 19.3 Å². The summed E-state index contributed by atoms with van der Waals surface area (Å²) in [5, 5.41) is 0. The molecule has 9 heavy (non-hydrogen) atoms. The second-order valence-electron chi connectivity index (χ2n) is 1.66. The second kappa shape index (κ2) is 7.08. The molecule has 0 bridgehead atoms. The van der Waals surface area contributed by atoms with E-state index < -0.39 is 0 Å². The van der Waals surface area contributed by atoms with Crippen LogP contribution in [0.25, 0.3) is 0 Å². The molecule has 0 aromatic heterocycles. The van der Waals surface area contributed by atoms with E-state index >= 15 is 0 Å². The molecule has 2 heteroatoms. The van der Waals surface area contributed by atoms with Crippen molar-refractivity contribution in [3.63, 3.8) is 0 Å². The molecule has 0 aromatic rings. The fourth-order valence-corrected chi connectivity index (χ4v) is 0.471. The molecule has 0 atom stereocenters. The maximum absolute atomic E-state index is 9.62. The van der Waals surface area contributed by atoms with Crippen LogP contribution in [0.5, 0.6) is 0 Å². The number of amides is 1. The minimum atomic E-state index is 0.550. The molecule has 0 saturated heterocycles. The van der Waals surface area contributed by atoms with Crippen LogP contribution in [0.15, 0.2) is 17.6 Å². The lowest BCUT2D eigenvalue weighted by Gasteiger charge is -1.84. The lowest BCUT2D eigenvalue weighted by molar-refractivity contribution is -0.106. The Balaban J connectivity index is 2.98. The van der Waals surface area contributed by atoms with Crippen molar-refractivity contribution in [3.8, 4) is 0 Å². The number of hydrogen-bond acceptors (Lipinski definition) is 1. The van der Waals surface area contributed by atoms with Gasteiger partial charge in [0, 0.05) is 6.21 Å². The van der Waals surface area contributed by atoms with Crippen molar-refractivity contribution in [1.29, 1.82) is 0 Å². The highest BCUT2D eigenvalue weighted by atomic mass is 16.1. The number of carbonyl (C=O) groups is 1. The van der Waals surface area contributed by atoms with Gasteiger partial charge in [-0.1, -0.05) is 6.08 Å². The molecular formula is C7H11NO. The van der Waals surface area contributed by atoms with E-state index in [2.05, 4.69) is 11.6 Å². The Morgan fingerprint density at radius 3 is 2.78 bits per heavy atom. The molecule has 0 aliphatic carbocycles. The molecule has 0 unspecified atom stereocenters. The van der Waals surface area contributed by atoms with Gasteiger partial charge in [0.2, 0.25) is 6.41 Å². The summed E-state index contributed by atoms with van der Waals surface area (Å²) in [6.45, 7) is 3.56. The average molecular weight is 125 g/mol. The van der Waals surface area contributed by atoms with Crippen LogP contribution in [-0.4, -0.2) is 12.6 Å². The molecule has 2 nitrogen and oxygen atoms in total. The summed E-state index contributed by atoms with van der Waals surface area (Å²) in [5.74, 6) is 0. The first-order valence-electron chi connectivity index (χ1n) is 2.98. The van der Waals surface area contributed by atoms with Crippen LogP contribution in [0.3, 0.4) is 0 Å². The third-order valence-electron chi connectivity index (χ3n) is 0.908. The Morgan fingerprint density at radius 2 is 2.22 bits per heavy atom. The minimum absolute atomic E-state index is 0.550. The predicted octanol–water partition coefficient (Wildman–Crippen LogP) is 1.57. The molecule has 0 radical (unpaired) electrons. The predicted molar refractivity (Wildman–Crippen MR) is 38.6 cm³/mol. The van der Waals surface area contributed by atoms with Gasteiger partial charge in [0.05, 0.1) is 0 Å². The fourth-order valence-electron chi connectivity index (χ4n) is 0.471. The van der Waals surface area contributed by atoms with E-state index in [1.54, 1.807) is 6.21 Å². The number of unbranched alkanes of at least 4 members (excludes halogenated alkanes) is 2. The first kappa shape index (κ1) is 8.08. The molecule has 0 heterocycles. The van der Waals surface area contributed by atoms with Crippen molar-refractivity contribution < 1.29 is 4.79 Å². The Bertz CT molecular complexity index is 107. The molecule has 1 amide bonds. The summed E-state index contributed by atoms with van der Waals surface area (Å²) in [4.78, 5) is 13.0. The quantitative estimate of drug-likeness (QED) is 0.237. The van der Waals surface area contributed by atoms with Crippen molar-refractivity contribution in [2.24, 2.45) is 4.99 Å². The van der Waals surface area contributed by atoms with Gasteiger partial charge in [-0.15, -0.1) is 6.58 Å². The molecule has 0 saturated carbocycles. The third-order valence-corrected chi connectivity index (χ3v) is 0.908. The van der Waals surface area contributed by atoms with Gasteiger partial charge in [-0.25, -0.2) is 4.99 Å². The third kappa shape index (κ3) is 7.08. The molecule has 0 aromatic carbocycles. The smallest absolute Gasteiger partial charge is 0.232 e. The van der Waals surface area contributed by atoms with Gasteiger partial charge in [0.1, 0.15) is 0 Å². The van der Waals surface area contributed by atoms with E-state index in [0.29, 0.717) is 6.41 Å². The van der Waals surface area contributed by atoms with E-state index in [4.69, 9.17) is 0 Å². The first-order valence-corrected chi connectivity index (χ1v) is 2.98. The van der Waals surface area contributed by atoms with E-state index in [9.17, 15) is 4.79 Å². The zero-order valence-corrected chi connectivity index (χ0v) is 5.42. The lowest BCUT2D eigenvalue weighted by Crippen LogP contribution is -1.75. The zero-order valence-electron chi connectivity index (χ0n) is 5.42. The number of hydrogen-bond donors (Lipinski definition) is 0. The van der Waals surface area contributed by atoms with Crippen LogP contribution in [0, 0.1) is 0 Å². The molecule has 50 valence electrons. The maximum Gasteiger partial charge on any atom is 0.232 e. The molecule has 0 aliphatic heterocycles. The fraction of sp³-hybridized carbons (Fsp3) is 0.429. The largest absolute Gasteiger partial charge is 0.276 e.